The molecule has 1 aliphatic heterocycles. The van der Waals surface area contributed by atoms with Crippen molar-refractivity contribution in [1.82, 2.24) is 9.78 Å². The molecule has 0 saturated carbocycles. The van der Waals surface area contributed by atoms with E-state index >= 15 is 0 Å². The van der Waals surface area contributed by atoms with Gasteiger partial charge in [-0.3, -0.25) is 4.68 Å². The molecule has 1 aromatic heterocycles. The van der Waals surface area contributed by atoms with Crippen molar-refractivity contribution in [2.45, 2.75) is 32.4 Å². The fourth-order valence-electron chi connectivity index (χ4n) is 2.80. The van der Waals surface area contributed by atoms with Gasteiger partial charge in [-0.15, -0.1) is 0 Å². The van der Waals surface area contributed by atoms with Crippen LogP contribution in [0.5, 0.6) is 0 Å². The SMILES string of the molecule is Cc1cc(CO)c(F)cc1-c1cnn(C2CCOCC2)c1. The van der Waals surface area contributed by atoms with Crippen molar-refractivity contribution < 1.29 is 14.2 Å². The summed E-state index contributed by atoms with van der Waals surface area (Å²) in [5.74, 6) is -0.378. The third kappa shape index (κ3) is 2.84. The van der Waals surface area contributed by atoms with Gasteiger partial charge in [0.05, 0.1) is 18.8 Å². The Bertz CT molecular complexity index is 633. The number of halogens is 1. The van der Waals surface area contributed by atoms with Crippen molar-refractivity contribution in [3.63, 3.8) is 0 Å². The van der Waals surface area contributed by atoms with Crippen molar-refractivity contribution in [2.24, 2.45) is 0 Å². The van der Waals surface area contributed by atoms with Crippen LogP contribution in [0.2, 0.25) is 0 Å². The molecule has 1 aliphatic rings. The van der Waals surface area contributed by atoms with Crippen LogP contribution < -0.4 is 0 Å². The largest absolute Gasteiger partial charge is 0.392 e. The van der Waals surface area contributed by atoms with Gasteiger partial charge >= 0.3 is 0 Å². The summed E-state index contributed by atoms with van der Waals surface area (Å²) in [7, 11) is 0. The summed E-state index contributed by atoms with van der Waals surface area (Å²) in [6, 6.07) is 3.53. The number of nitrogens with zero attached hydrogens (tertiary/aromatic N) is 2. The number of rotatable bonds is 3. The van der Waals surface area contributed by atoms with E-state index in [4.69, 9.17) is 9.84 Å². The Labute approximate surface area is 123 Å². The van der Waals surface area contributed by atoms with E-state index < -0.39 is 0 Å². The highest BCUT2D eigenvalue weighted by molar-refractivity contribution is 5.66. The smallest absolute Gasteiger partial charge is 0.129 e. The number of aromatic nitrogens is 2. The van der Waals surface area contributed by atoms with Crippen molar-refractivity contribution in [2.75, 3.05) is 13.2 Å². The predicted octanol–water partition coefficient (Wildman–Crippen LogP) is 2.84. The molecule has 0 aliphatic carbocycles. The van der Waals surface area contributed by atoms with E-state index in [1.54, 1.807) is 12.3 Å². The van der Waals surface area contributed by atoms with Gasteiger partial charge in [0.15, 0.2) is 0 Å². The number of aryl methyl sites for hydroxylation is 1. The second kappa shape index (κ2) is 5.95. The average Bonchev–Trinajstić information content (AvgIpc) is 2.99. The first-order valence-corrected chi connectivity index (χ1v) is 7.21. The third-order valence-electron chi connectivity index (χ3n) is 4.04. The highest BCUT2D eigenvalue weighted by Gasteiger charge is 2.17. The molecule has 112 valence electrons. The normalized spacial score (nSPS) is 16.3. The minimum Gasteiger partial charge on any atom is -0.392 e. The number of hydrogen-bond donors (Lipinski definition) is 1. The zero-order chi connectivity index (χ0) is 14.8. The maximum absolute atomic E-state index is 13.9. The summed E-state index contributed by atoms with van der Waals surface area (Å²) in [6.45, 7) is 3.16. The van der Waals surface area contributed by atoms with Crippen LogP contribution in [0.4, 0.5) is 4.39 Å². The molecule has 1 aromatic carbocycles. The highest BCUT2D eigenvalue weighted by atomic mass is 19.1. The topological polar surface area (TPSA) is 47.3 Å². The van der Waals surface area contributed by atoms with Gasteiger partial charge in [-0.1, -0.05) is 6.07 Å². The summed E-state index contributed by atoms with van der Waals surface area (Å²) in [6.07, 6.45) is 5.65. The minimum atomic E-state index is -0.378. The van der Waals surface area contributed by atoms with E-state index in [1.165, 1.54) is 6.07 Å². The van der Waals surface area contributed by atoms with Crippen molar-refractivity contribution in [1.29, 1.82) is 0 Å². The Morgan fingerprint density at radius 1 is 1.38 bits per heavy atom. The van der Waals surface area contributed by atoms with Gasteiger partial charge in [-0.05, 0) is 37.0 Å². The lowest BCUT2D eigenvalue weighted by molar-refractivity contribution is 0.0662. The number of aliphatic hydroxyl groups is 1. The zero-order valence-electron chi connectivity index (χ0n) is 12.1. The molecule has 0 atom stereocenters. The molecular weight excluding hydrogens is 271 g/mol. The number of ether oxygens (including phenoxy) is 1. The van der Waals surface area contributed by atoms with Crippen molar-refractivity contribution >= 4 is 0 Å². The molecule has 0 unspecified atom stereocenters. The van der Waals surface area contributed by atoms with Gasteiger partial charge in [0, 0.05) is 30.5 Å². The third-order valence-corrected chi connectivity index (χ3v) is 4.04. The molecule has 0 spiro atoms. The van der Waals surface area contributed by atoms with E-state index in [1.807, 2.05) is 17.8 Å². The van der Waals surface area contributed by atoms with Crippen LogP contribution in [-0.4, -0.2) is 28.1 Å². The van der Waals surface area contributed by atoms with Crippen LogP contribution in [-0.2, 0) is 11.3 Å². The van der Waals surface area contributed by atoms with E-state index in [-0.39, 0.29) is 12.4 Å². The molecule has 0 bridgehead atoms. The van der Waals surface area contributed by atoms with E-state index in [0.29, 0.717) is 11.6 Å². The van der Waals surface area contributed by atoms with Crippen LogP contribution in [0.15, 0.2) is 24.5 Å². The second-order valence-corrected chi connectivity index (χ2v) is 5.47. The number of hydrogen-bond acceptors (Lipinski definition) is 3. The van der Waals surface area contributed by atoms with Gasteiger partial charge in [0.25, 0.3) is 0 Å². The maximum atomic E-state index is 13.9. The van der Waals surface area contributed by atoms with Crippen molar-refractivity contribution in [3.05, 3.63) is 41.5 Å². The van der Waals surface area contributed by atoms with Crippen LogP contribution >= 0.6 is 0 Å². The molecule has 1 fully saturated rings. The Hall–Kier alpha value is -1.72. The molecule has 2 heterocycles. The molecule has 2 aromatic rings. The first-order chi connectivity index (χ1) is 10.2. The second-order valence-electron chi connectivity index (χ2n) is 5.47. The Morgan fingerprint density at radius 3 is 2.86 bits per heavy atom. The van der Waals surface area contributed by atoms with Gasteiger partial charge in [-0.25, -0.2) is 4.39 Å². The monoisotopic (exact) mass is 290 g/mol. The first-order valence-electron chi connectivity index (χ1n) is 7.21. The quantitative estimate of drug-likeness (QED) is 0.945. The van der Waals surface area contributed by atoms with Crippen LogP contribution in [0.1, 0.15) is 30.0 Å². The predicted molar refractivity (Wildman–Crippen MR) is 77.4 cm³/mol. The molecule has 21 heavy (non-hydrogen) atoms. The summed E-state index contributed by atoms with van der Waals surface area (Å²) < 4.78 is 21.2. The molecule has 1 saturated heterocycles. The lowest BCUT2D eigenvalue weighted by Crippen LogP contribution is -2.19. The van der Waals surface area contributed by atoms with Crippen LogP contribution in [0, 0.1) is 12.7 Å². The van der Waals surface area contributed by atoms with E-state index in [9.17, 15) is 4.39 Å². The first kappa shape index (κ1) is 14.2. The summed E-state index contributed by atoms with van der Waals surface area (Å²) in [4.78, 5) is 0. The standard InChI is InChI=1S/C16H19FN2O2/c1-11-6-12(10-20)16(17)7-15(11)13-8-18-19(9-13)14-2-4-21-5-3-14/h6-9,14,20H,2-5,10H2,1H3. The molecule has 1 N–H and O–H groups in total. The highest BCUT2D eigenvalue weighted by Crippen LogP contribution is 2.28. The lowest BCUT2D eigenvalue weighted by atomic mass is 10.0. The average molecular weight is 290 g/mol. The van der Waals surface area contributed by atoms with Crippen LogP contribution in [0.25, 0.3) is 11.1 Å². The lowest BCUT2D eigenvalue weighted by Gasteiger charge is -2.22. The molecule has 4 nitrogen and oxygen atoms in total. The number of benzene rings is 1. The van der Waals surface area contributed by atoms with Gasteiger partial charge in [0.1, 0.15) is 5.82 Å². The van der Waals surface area contributed by atoms with Gasteiger partial charge < -0.3 is 9.84 Å². The molecule has 0 radical (unpaired) electrons. The van der Waals surface area contributed by atoms with E-state index in [0.717, 1.165) is 42.7 Å². The summed E-state index contributed by atoms with van der Waals surface area (Å²) in [5.41, 5.74) is 2.99. The Kier molecular flexibility index (Phi) is 4.03. The zero-order valence-corrected chi connectivity index (χ0v) is 12.1. The minimum absolute atomic E-state index is 0.283. The van der Waals surface area contributed by atoms with Gasteiger partial charge in [0.2, 0.25) is 0 Å². The molecule has 5 heteroatoms. The fourth-order valence-corrected chi connectivity index (χ4v) is 2.80. The summed E-state index contributed by atoms with van der Waals surface area (Å²) in [5, 5.41) is 13.5. The Balaban J connectivity index is 1.90. The molecule has 3 rings (SSSR count). The van der Waals surface area contributed by atoms with E-state index in [2.05, 4.69) is 5.10 Å². The van der Waals surface area contributed by atoms with Crippen molar-refractivity contribution in [3.8, 4) is 11.1 Å². The van der Waals surface area contributed by atoms with Gasteiger partial charge in [-0.2, -0.15) is 5.10 Å². The summed E-state index contributed by atoms with van der Waals surface area (Å²) >= 11 is 0. The Morgan fingerprint density at radius 2 is 2.14 bits per heavy atom. The maximum Gasteiger partial charge on any atom is 0.129 e. The molecule has 0 amide bonds. The number of aliphatic hydroxyl groups excluding tert-OH is 1. The van der Waals surface area contributed by atoms with Crippen LogP contribution in [0.3, 0.4) is 0 Å². The molecular formula is C16H19FN2O2. The fraction of sp³-hybridized carbons (Fsp3) is 0.438.